The molecule has 2 radical (unpaired) electrons. The SMILES string of the molecule is CC(C)[B]C1CCCC([B]C(C)C)CC1. The molecule has 0 aromatic carbocycles. The molecule has 0 aromatic rings. The van der Waals surface area contributed by atoms with E-state index < -0.39 is 0 Å². The molecule has 2 atom stereocenters. The highest BCUT2D eigenvalue weighted by Crippen LogP contribution is 2.35. The van der Waals surface area contributed by atoms with Gasteiger partial charge in [0.15, 0.2) is 0 Å². The van der Waals surface area contributed by atoms with Crippen molar-refractivity contribution in [2.75, 3.05) is 0 Å². The maximum absolute atomic E-state index is 2.57. The highest BCUT2D eigenvalue weighted by Gasteiger charge is 2.21. The second-order valence-electron chi connectivity index (χ2n) is 5.90. The fourth-order valence-electron chi connectivity index (χ4n) is 2.83. The average molecular weight is 204 g/mol. The minimum absolute atomic E-state index is 0.764. The first-order valence-corrected chi connectivity index (χ1v) is 6.78. The zero-order chi connectivity index (χ0) is 11.3. The Morgan fingerprint density at radius 2 is 1.13 bits per heavy atom. The molecule has 1 rings (SSSR count). The van der Waals surface area contributed by atoms with E-state index in [0.29, 0.717) is 0 Å². The van der Waals surface area contributed by atoms with E-state index >= 15 is 0 Å². The molecule has 1 saturated carbocycles. The molecule has 15 heavy (non-hydrogen) atoms. The summed E-state index contributed by atoms with van der Waals surface area (Å²) in [5.41, 5.74) is 0. The van der Waals surface area contributed by atoms with Gasteiger partial charge in [-0.25, -0.2) is 0 Å². The van der Waals surface area contributed by atoms with Crippen LogP contribution in [-0.4, -0.2) is 14.6 Å². The lowest BCUT2D eigenvalue weighted by molar-refractivity contribution is 0.680. The first kappa shape index (κ1) is 13.2. The number of hydrogen-bond acceptors (Lipinski definition) is 0. The van der Waals surface area contributed by atoms with Crippen molar-refractivity contribution in [3.05, 3.63) is 0 Å². The third kappa shape index (κ3) is 5.68. The van der Waals surface area contributed by atoms with E-state index in [4.69, 9.17) is 0 Å². The Morgan fingerprint density at radius 1 is 0.733 bits per heavy atom. The van der Waals surface area contributed by atoms with Gasteiger partial charge in [-0.2, -0.15) is 0 Å². The van der Waals surface area contributed by atoms with Crippen LogP contribution in [0.15, 0.2) is 0 Å². The van der Waals surface area contributed by atoms with Crippen LogP contribution in [0.25, 0.3) is 0 Å². The number of rotatable bonds is 4. The summed E-state index contributed by atoms with van der Waals surface area (Å²) in [6, 6.07) is 0. The van der Waals surface area contributed by atoms with Crippen LogP contribution in [0, 0.1) is 0 Å². The standard InChI is InChI=1S/C13H26B2/c1-10(2)14-12-6-5-7-13(9-8-12)15-11(3)4/h10-13H,5-9H2,1-4H3. The number of hydrogen-bond donors (Lipinski definition) is 0. The minimum Gasteiger partial charge on any atom is -0.0742 e. The van der Waals surface area contributed by atoms with Crippen molar-refractivity contribution in [3.8, 4) is 0 Å². The molecule has 1 aliphatic carbocycles. The van der Waals surface area contributed by atoms with Crippen molar-refractivity contribution in [3.63, 3.8) is 0 Å². The van der Waals surface area contributed by atoms with Crippen LogP contribution in [0.5, 0.6) is 0 Å². The van der Waals surface area contributed by atoms with Gasteiger partial charge in [-0.1, -0.05) is 83.1 Å². The highest BCUT2D eigenvalue weighted by atomic mass is 14.1. The van der Waals surface area contributed by atoms with Crippen LogP contribution >= 0.6 is 0 Å². The van der Waals surface area contributed by atoms with Crippen molar-refractivity contribution < 1.29 is 0 Å². The molecule has 0 heterocycles. The Hall–Kier alpha value is 0.130. The maximum atomic E-state index is 2.57. The van der Waals surface area contributed by atoms with Gasteiger partial charge in [-0.3, -0.25) is 0 Å². The third-order valence-corrected chi connectivity index (χ3v) is 3.37. The molecule has 2 heteroatoms. The van der Waals surface area contributed by atoms with E-state index in [0.717, 1.165) is 23.3 Å². The van der Waals surface area contributed by atoms with Gasteiger partial charge in [-0.15, -0.1) is 0 Å². The molecule has 0 nitrogen and oxygen atoms in total. The van der Waals surface area contributed by atoms with Gasteiger partial charge in [-0.05, 0) is 0 Å². The van der Waals surface area contributed by atoms with Crippen LogP contribution < -0.4 is 0 Å². The van der Waals surface area contributed by atoms with Crippen molar-refractivity contribution in [1.82, 2.24) is 0 Å². The summed E-state index contributed by atoms with van der Waals surface area (Å²) in [5, 5.41) is 0. The topological polar surface area (TPSA) is 0 Å². The van der Waals surface area contributed by atoms with Gasteiger partial charge in [0, 0.05) is 0 Å². The molecule has 0 bridgehead atoms. The highest BCUT2D eigenvalue weighted by molar-refractivity contribution is 6.40. The van der Waals surface area contributed by atoms with Gasteiger partial charge in [0.1, 0.15) is 14.6 Å². The fourth-order valence-corrected chi connectivity index (χ4v) is 2.83. The molecule has 1 aliphatic rings. The molecule has 0 spiro atoms. The van der Waals surface area contributed by atoms with Crippen LogP contribution in [0.3, 0.4) is 0 Å². The van der Waals surface area contributed by atoms with Gasteiger partial charge < -0.3 is 0 Å². The second kappa shape index (κ2) is 6.66. The van der Waals surface area contributed by atoms with Crippen LogP contribution in [0.2, 0.25) is 23.3 Å². The van der Waals surface area contributed by atoms with Crippen molar-refractivity contribution >= 4 is 14.6 Å². The Kier molecular flexibility index (Phi) is 5.86. The van der Waals surface area contributed by atoms with Crippen molar-refractivity contribution in [1.29, 1.82) is 0 Å². The van der Waals surface area contributed by atoms with E-state index in [9.17, 15) is 0 Å². The predicted octanol–water partition coefficient (Wildman–Crippen LogP) is 4.59. The fraction of sp³-hybridized carbons (Fsp3) is 1.00. The minimum atomic E-state index is 0.764. The normalized spacial score (nSPS) is 27.9. The van der Waals surface area contributed by atoms with Crippen LogP contribution in [0.4, 0.5) is 0 Å². The summed E-state index contributed by atoms with van der Waals surface area (Å²) in [6.07, 6.45) is 7.14. The Balaban J connectivity index is 2.28. The smallest absolute Gasteiger partial charge is 0.0742 e. The molecule has 1 fully saturated rings. The molecule has 2 unspecified atom stereocenters. The maximum Gasteiger partial charge on any atom is 0.117 e. The third-order valence-electron chi connectivity index (χ3n) is 3.37. The molecule has 0 aliphatic heterocycles. The predicted molar refractivity (Wildman–Crippen MR) is 72.3 cm³/mol. The molecule has 0 saturated heterocycles. The first-order valence-electron chi connectivity index (χ1n) is 6.78. The van der Waals surface area contributed by atoms with Gasteiger partial charge in [0.25, 0.3) is 0 Å². The van der Waals surface area contributed by atoms with Crippen LogP contribution in [0.1, 0.15) is 59.8 Å². The zero-order valence-corrected chi connectivity index (χ0v) is 11.0. The molecule has 0 aromatic heterocycles. The summed E-state index contributed by atoms with van der Waals surface area (Å²) in [7, 11) is 5.13. The van der Waals surface area contributed by atoms with Gasteiger partial charge in [0.05, 0.1) is 0 Å². The van der Waals surface area contributed by atoms with Crippen molar-refractivity contribution in [2.45, 2.75) is 83.1 Å². The summed E-state index contributed by atoms with van der Waals surface area (Å²) in [4.78, 5) is 0. The summed E-state index contributed by atoms with van der Waals surface area (Å²) in [5.74, 6) is 3.33. The summed E-state index contributed by atoms with van der Waals surface area (Å²) < 4.78 is 0. The van der Waals surface area contributed by atoms with E-state index in [2.05, 4.69) is 42.3 Å². The van der Waals surface area contributed by atoms with Crippen molar-refractivity contribution in [2.24, 2.45) is 0 Å². The quantitative estimate of drug-likeness (QED) is 0.463. The van der Waals surface area contributed by atoms with E-state index in [1.165, 1.54) is 32.1 Å². The Labute approximate surface area is 98.1 Å². The average Bonchev–Trinajstić information content (AvgIpc) is 2.29. The molecule has 0 amide bonds. The molecule has 0 N–H and O–H groups in total. The lowest BCUT2D eigenvalue weighted by Crippen LogP contribution is -2.08. The van der Waals surface area contributed by atoms with Gasteiger partial charge >= 0.3 is 0 Å². The lowest BCUT2D eigenvalue weighted by Gasteiger charge is -2.16. The second-order valence-corrected chi connectivity index (χ2v) is 5.90. The lowest BCUT2D eigenvalue weighted by atomic mass is 9.52. The molecule has 84 valence electrons. The summed E-state index contributed by atoms with van der Waals surface area (Å²) >= 11 is 0. The van der Waals surface area contributed by atoms with E-state index in [1.807, 2.05) is 0 Å². The van der Waals surface area contributed by atoms with E-state index in [1.54, 1.807) is 0 Å². The molecular formula is C13H26B2. The zero-order valence-electron chi connectivity index (χ0n) is 11.0. The van der Waals surface area contributed by atoms with E-state index in [-0.39, 0.29) is 0 Å². The first-order chi connectivity index (χ1) is 7.08. The monoisotopic (exact) mass is 204 g/mol. The van der Waals surface area contributed by atoms with Gasteiger partial charge in [0.2, 0.25) is 0 Å². The Bertz CT molecular complexity index is 148. The Morgan fingerprint density at radius 3 is 1.47 bits per heavy atom. The summed E-state index contributed by atoms with van der Waals surface area (Å²) in [6.45, 7) is 9.23. The largest absolute Gasteiger partial charge is 0.117 e. The van der Waals surface area contributed by atoms with Crippen LogP contribution in [-0.2, 0) is 0 Å². The molecular weight excluding hydrogens is 178 g/mol.